The van der Waals surface area contributed by atoms with Crippen LogP contribution in [0.2, 0.25) is 5.02 Å². The van der Waals surface area contributed by atoms with Gasteiger partial charge >= 0.3 is 0 Å². The van der Waals surface area contributed by atoms with Gasteiger partial charge in [0.05, 0.1) is 10.6 Å². The fourth-order valence-corrected chi connectivity index (χ4v) is 2.92. The highest BCUT2D eigenvalue weighted by Gasteiger charge is 2.32. The van der Waals surface area contributed by atoms with Gasteiger partial charge in [0.25, 0.3) is 5.91 Å². The lowest BCUT2D eigenvalue weighted by Gasteiger charge is -2.23. The Kier molecular flexibility index (Phi) is 3.41. The summed E-state index contributed by atoms with van der Waals surface area (Å²) >= 11 is 5.90. The highest BCUT2D eigenvalue weighted by atomic mass is 35.5. The first-order valence-corrected chi connectivity index (χ1v) is 6.93. The van der Waals surface area contributed by atoms with E-state index in [4.69, 9.17) is 11.6 Å². The molecule has 1 aliphatic rings. The van der Waals surface area contributed by atoms with E-state index in [1.165, 1.54) is 0 Å². The van der Waals surface area contributed by atoms with Crippen LogP contribution in [0.15, 0.2) is 36.4 Å². The van der Waals surface area contributed by atoms with Crippen molar-refractivity contribution < 1.29 is 13.6 Å². The molecule has 0 saturated carbocycles. The van der Waals surface area contributed by atoms with Gasteiger partial charge in [-0.2, -0.15) is 0 Å². The van der Waals surface area contributed by atoms with E-state index in [0.29, 0.717) is 0 Å². The van der Waals surface area contributed by atoms with Crippen molar-refractivity contribution in [2.24, 2.45) is 0 Å². The zero-order valence-electron chi connectivity index (χ0n) is 11.2. The summed E-state index contributed by atoms with van der Waals surface area (Å²) in [6, 6.07) is 9.16. The van der Waals surface area contributed by atoms with Gasteiger partial charge in [0, 0.05) is 11.7 Å². The molecule has 2 aromatic rings. The van der Waals surface area contributed by atoms with Gasteiger partial charge in [-0.25, -0.2) is 8.78 Å². The van der Waals surface area contributed by atoms with Crippen LogP contribution in [-0.2, 0) is 6.42 Å². The van der Waals surface area contributed by atoms with Crippen LogP contribution in [0, 0.1) is 11.6 Å². The molecule has 2 nitrogen and oxygen atoms in total. The summed E-state index contributed by atoms with van der Waals surface area (Å²) < 4.78 is 26.5. The molecule has 0 radical (unpaired) electrons. The Hall–Kier alpha value is -1.94. The van der Waals surface area contributed by atoms with Crippen molar-refractivity contribution in [1.82, 2.24) is 0 Å². The molecule has 0 spiro atoms. The Bertz CT molecular complexity index is 732. The average molecular weight is 308 g/mol. The van der Waals surface area contributed by atoms with E-state index < -0.39 is 17.5 Å². The van der Waals surface area contributed by atoms with E-state index in [2.05, 4.69) is 0 Å². The fourth-order valence-electron chi connectivity index (χ4n) is 2.69. The molecule has 1 atom stereocenters. The maximum Gasteiger partial charge on any atom is 0.260 e. The number of carbonyl (C=O) groups is 1. The topological polar surface area (TPSA) is 20.3 Å². The Balaban J connectivity index is 2.05. The lowest BCUT2D eigenvalue weighted by molar-refractivity contribution is 0.0981. The van der Waals surface area contributed by atoms with Crippen LogP contribution in [0.5, 0.6) is 0 Å². The molecular formula is C16H12ClF2NO. The molecular weight excluding hydrogens is 296 g/mol. The van der Waals surface area contributed by atoms with Crippen LogP contribution < -0.4 is 4.90 Å². The predicted octanol–water partition coefficient (Wildman–Crippen LogP) is 4.21. The summed E-state index contributed by atoms with van der Waals surface area (Å²) in [7, 11) is 0. The number of carbonyl (C=O) groups excluding carboxylic acids is 1. The predicted molar refractivity (Wildman–Crippen MR) is 77.8 cm³/mol. The smallest absolute Gasteiger partial charge is 0.260 e. The van der Waals surface area contributed by atoms with Gasteiger partial charge in [-0.05, 0) is 37.1 Å². The van der Waals surface area contributed by atoms with Gasteiger partial charge in [-0.15, -0.1) is 0 Å². The van der Waals surface area contributed by atoms with Gasteiger partial charge in [-0.1, -0.05) is 29.8 Å². The molecule has 1 aliphatic heterocycles. The Morgan fingerprint density at radius 3 is 2.67 bits per heavy atom. The largest absolute Gasteiger partial charge is 0.305 e. The lowest BCUT2D eigenvalue weighted by atomic mass is 10.1. The van der Waals surface area contributed by atoms with Gasteiger partial charge in [0.2, 0.25) is 0 Å². The van der Waals surface area contributed by atoms with Gasteiger partial charge in [-0.3, -0.25) is 4.79 Å². The molecule has 1 amide bonds. The molecule has 0 fully saturated rings. The third-order valence-electron chi connectivity index (χ3n) is 3.67. The molecule has 21 heavy (non-hydrogen) atoms. The second-order valence-corrected chi connectivity index (χ2v) is 5.51. The average Bonchev–Trinajstić information content (AvgIpc) is 2.78. The molecule has 108 valence electrons. The van der Waals surface area contributed by atoms with E-state index in [0.717, 1.165) is 29.8 Å². The first kappa shape index (κ1) is 14.0. The normalized spacial score (nSPS) is 17.0. The second kappa shape index (κ2) is 5.11. The lowest BCUT2D eigenvalue weighted by Crippen LogP contribution is -2.36. The number of amides is 1. The van der Waals surface area contributed by atoms with Crippen molar-refractivity contribution in [3.8, 4) is 0 Å². The van der Waals surface area contributed by atoms with Crippen molar-refractivity contribution in [3.63, 3.8) is 0 Å². The van der Waals surface area contributed by atoms with Crippen molar-refractivity contribution in [3.05, 3.63) is 64.2 Å². The van der Waals surface area contributed by atoms with Crippen LogP contribution in [0.4, 0.5) is 14.5 Å². The molecule has 0 saturated heterocycles. The standard InChI is InChI=1S/C16H12ClF2NO/c1-9-6-10-4-2-3-5-15(10)20(9)16(21)11-7-13(18)14(19)8-12(11)17/h2-5,7-9H,6H2,1H3/t9-/m0/s1. The summed E-state index contributed by atoms with van der Waals surface area (Å²) in [6.07, 6.45) is 0.725. The van der Waals surface area contributed by atoms with E-state index in [1.807, 2.05) is 31.2 Å². The SMILES string of the molecule is C[C@H]1Cc2ccccc2N1C(=O)c1cc(F)c(F)cc1Cl. The first-order valence-electron chi connectivity index (χ1n) is 6.55. The minimum Gasteiger partial charge on any atom is -0.305 e. The molecule has 5 heteroatoms. The quantitative estimate of drug-likeness (QED) is 0.723. The molecule has 0 aromatic heterocycles. The molecule has 3 rings (SSSR count). The zero-order valence-corrected chi connectivity index (χ0v) is 12.0. The number of hydrogen-bond donors (Lipinski definition) is 0. The number of benzene rings is 2. The third kappa shape index (κ3) is 2.29. The number of anilines is 1. The Labute approximate surface area is 125 Å². The number of fused-ring (bicyclic) bond motifs is 1. The van der Waals surface area contributed by atoms with Crippen molar-refractivity contribution >= 4 is 23.2 Å². The first-order chi connectivity index (χ1) is 9.99. The Morgan fingerprint density at radius 1 is 1.24 bits per heavy atom. The number of para-hydroxylation sites is 1. The van der Waals surface area contributed by atoms with Crippen LogP contribution in [0.1, 0.15) is 22.8 Å². The van der Waals surface area contributed by atoms with Crippen molar-refractivity contribution in [2.45, 2.75) is 19.4 Å². The van der Waals surface area contributed by atoms with E-state index >= 15 is 0 Å². The maximum atomic E-state index is 13.4. The summed E-state index contributed by atoms with van der Waals surface area (Å²) in [5, 5.41) is -0.0875. The van der Waals surface area contributed by atoms with Crippen molar-refractivity contribution in [2.75, 3.05) is 4.90 Å². The number of nitrogens with zero attached hydrogens (tertiary/aromatic N) is 1. The van der Waals surface area contributed by atoms with Crippen molar-refractivity contribution in [1.29, 1.82) is 0 Å². The van der Waals surface area contributed by atoms with Crippen LogP contribution in [0.25, 0.3) is 0 Å². The number of hydrogen-bond acceptors (Lipinski definition) is 1. The summed E-state index contributed by atoms with van der Waals surface area (Å²) in [5.74, 6) is -2.56. The Morgan fingerprint density at radius 2 is 1.90 bits per heavy atom. The van der Waals surface area contributed by atoms with Gasteiger partial charge in [0.15, 0.2) is 11.6 Å². The summed E-state index contributed by atoms with van der Waals surface area (Å²) in [4.78, 5) is 14.2. The molecule has 0 bridgehead atoms. The monoisotopic (exact) mass is 307 g/mol. The highest BCUT2D eigenvalue weighted by Crippen LogP contribution is 2.34. The third-order valence-corrected chi connectivity index (χ3v) is 3.98. The number of halogens is 3. The number of rotatable bonds is 1. The molecule has 1 heterocycles. The molecule has 0 aliphatic carbocycles. The maximum absolute atomic E-state index is 13.4. The van der Waals surface area contributed by atoms with E-state index in [-0.39, 0.29) is 16.6 Å². The molecule has 0 unspecified atom stereocenters. The second-order valence-electron chi connectivity index (χ2n) is 5.10. The summed E-state index contributed by atoms with van der Waals surface area (Å²) in [6.45, 7) is 1.91. The molecule has 2 aromatic carbocycles. The molecule has 0 N–H and O–H groups in total. The minimum atomic E-state index is -1.08. The fraction of sp³-hybridized carbons (Fsp3) is 0.188. The van der Waals surface area contributed by atoms with E-state index in [9.17, 15) is 13.6 Å². The van der Waals surface area contributed by atoms with Crippen LogP contribution in [-0.4, -0.2) is 11.9 Å². The van der Waals surface area contributed by atoms with Crippen LogP contribution in [0.3, 0.4) is 0 Å². The highest BCUT2D eigenvalue weighted by molar-refractivity contribution is 6.34. The van der Waals surface area contributed by atoms with E-state index in [1.54, 1.807) is 4.90 Å². The van der Waals surface area contributed by atoms with Crippen LogP contribution >= 0.6 is 11.6 Å². The summed E-state index contributed by atoms with van der Waals surface area (Å²) in [5.41, 5.74) is 1.81. The minimum absolute atomic E-state index is 0.0286. The van der Waals surface area contributed by atoms with Gasteiger partial charge < -0.3 is 4.90 Å². The van der Waals surface area contributed by atoms with Gasteiger partial charge in [0.1, 0.15) is 0 Å². The zero-order chi connectivity index (χ0) is 15.1.